The van der Waals surface area contributed by atoms with Crippen molar-refractivity contribution in [2.45, 2.75) is 13.0 Å². The first-order valence-electron chi connectivity index (χ1n) is 7.43. The van der Waals surface area contributed by atoms with Gasteiger partial charge < -0.3 is 16.0 Å². The number of aromatic nitrogens is 1. The summed E-state index contributed by atoms with van der Waals surface area (Å²) in [6.07, 6.45) is 0. The molecular formula is C18H16ClN3O2. The van der Waals surface area contributed by atoms with Crippen LogP contribution in [0.3, 0.4) is 0 Å². The second-order valence-electron chi connectivity index (χ2n) is 5.57. The Hall–Kier alpha value is -2.79. The topological polar surface area (TPSA) is 88.0 Å². The van der Waals surface area contributed by atoms with Crippen molar-refractivity contribution in [2.24, 2.45) is 5.73 Å². The zero-order valence-electron chi connectivity index (χ0n) is 13.0. The van der Waals surface area contributed by atoms with Gasteiger partial charge >= 0.3 is 0 Å². The number of halogens is 1. The summed E-state index contributed by atoms with van der Waals surface area (Å²) >= 11 is 6.11. The van der Waals surface area contributed by atoms with Gasteiger partial charge in [0.05, 0.1) is 16.6 Å². The second-order valence-corrected chi connectivity index (χ2v) is 5.98. The number of nitrogens with two attached hydrogens (primary N) is 1. The number of carbonyl (C=O) groups is 1. The van der Waals surface area contributed by atoms with Crippen molar-refractivity contribution in [1.82, 2.24) is 4.98 Å². The molecule has 0 aliphatic carbocycles. The number of amides is 1. The van der Waals surface area contributed by atoms with Gasteiger partial charge in [-0.25, -0.2) is 0 Å². The summed E-state index contributed by atoms with van der Waals surface area (Å²) in [5, 5.41) is 4.58. The predicted molar refractivity (Wildman–Crippen MR) is 96.6 cm³/mol. The lowest BCUT2D eigenvalue weighted by molar-refractivity contribution is 0.100. The summed E-state index contributed by atoms with van der Waals surface area (Å²) in [7, 11) is 0. The molecule has 0 aliphatic heterocycles. The van der Waals surface area contributed by atoms with Crippen LogP contribution in [-0.4, -0.2) is 10.9 Å². The van der Waals surface area contributed by atoms with E-state index in [-0.39, 0.29) is 11.6 Å². The van der Waals surface area contributed by atoms with Gasteiger partial charge in [0, 0.05) is 22.2 Å². The number of anilines is 1. The van der Waals surface area contributed by atoms with Crippen LogP contribution in [0.25, 0.3) is 10.9 Å². The summed E-state index contributed by atoms with van der Waals surface area (Å²) in [6, 6.07) is 13.9. The zero-order chi connectivity index (χ0) is 17.3. The number of pyridine rings is 1. The van der Waals surface area contributed by atoms with Crippen LogP contribution >= 0.6 is 11.6 Å². The predicted octanol–water partition coefficient (Wildman–Crippen LogP) is 3.45. The van der Waals surface area contributed by atoms with E-state index in [1.54, 1.807) is 24.3 Å². The number of rotatable bonds is 4. The van der Waals surface area contributed by atoms with Crippen LogP contribution in [0.1, 0.15) is 28.9 Å². The Morgan fingerprint density at radius 3 is 2.71 bits per heavy atom. The highest BCUT2D eigenvalue weighted by Crippen LogP contribution is 2.24. The number of hydrogen-bond donors (Lipinski definition) is 3. The number of benzene rings is 2. The SMILES string of the molecule is C[C@H](Nc1cccc(C(N)=O)c1)c1cc2cccc(Cl)c2[nH]c1=O. The summed E-state index contributed by atoms with van der Waals surface area (Å²) in [5.41, 5.74) is 7.40. The Labute approximate surface area is 143 Å². The Morgan fingerprint density at radius 1 is 1.21 bits per heavy atom. The molecule has 6 heteroatoms. The molecule has 1 atom stereocenters. The van der Waals surface area contributed by atoms with Crippen LogP contribution in [0.15, 0.2) is 53.3 Å². The maximum atomic E-state index is 12.4. The van der Waals surface area contributed by atoms with Crippen LogP contribution in [0.2, 0.25) is 5.02 Å². The average Bonchev–Trinajstić information content (AvgIpc) is 2.55. The summed E-state index contributed by atoms with van der Waals surface area (Å²) in [4.78, 5) is 26.5. The third kappa shape index (κ3) is 3.12. The van der Waals surface area contributed by atoms with Crippen molar-refractivity contribution in [3.8, 4) is 0 Å². The van der Waals surface area contributed by atoms with Crippen molar-refractivity contribution in [2.75, 3.05) is 5.32 Å². The molecule has 122 valence electrons. The smallest absolute Gasteiger partial charge is 0.253 e. The molecular weight excluding hydrogens is 326 g/mol. The fourth-order valence-corrected chi connectivity index (χ4v) is 2.85. The zero-order valence-corrected chi connectivity index (χ0v) is 13.7. The highest BCUT2D eigenvalue weighted by Gasteiger charge is 2.13. The van der Waals surface area contributed by atoms with Gasteiger partial charge in [-0.15, -0.1) is 0 Å². The molecule has 0 unspecified atom stereocenters. The van der Waals surface area contributed by atoms with Gasteiger partial charge in [-0.1, -0.05) is 29.8 Å². The molecule has 0 spiro atoms. The van der Waals surface area contributed by atoms with Gasteiger partial charge in [-0.05, 0) is 37.3 Å². The lowest BCUT2D eigenvalue weighted by Gasteiger charge is -2.16. The van der Waals surface area contributed by atoms with Crippen LogP contribution in [0.5, 0.6) is 0 Å². The van der Waals surface area contributed by atoms with Crippen LogP contribution in [0, 0.1) is 0 Å². The fourth-order valence-electron chi connectivity index (χ4n) is 2.62. The first kappa shape index (κ1) is 16.1. The first-order chi connectivity index (χ1) is 11.5. The lowest BCUT2D eigenvalue weighted by Crippen LogP contribution is -2.19. The molecule has 1 heterocycles. The second kappa shape index (κ2) is 6.37. The van der Waals surface area contributed by atoms with Crippen molar-refractivity contribution in [3.63, 3.8) is 0 Å². The Balaban J connectivity index is 1.95. The van der Waals surface area contributed by atoms with Crippen LogP contribution in [0.4, 0.5) is 5.69 Å². The number of para-hydroxylation sites is 1. The summed E-state index contributed by atoms with van der Waals surface area (Å²) < 4.78 is 0. The Kier molecular flexibility index (Phi) is 4.27. The lowest BCUT2D eigenvalue weighted by atomic mass is 10.1. The van der Waals surface area contributed by atoms with Crippen molar-refractivity contribution < 1.29 is 4.79 Å². The van der Waals surface area contributed by atoms with E-state index in [4.69, 9.17) is 17.3 Å². The normalized spacial score (nSPS) is 12.1. The van der Waals surface area contributed by atoms with E-state index >= 15 is 0 Å². The molecule has 4 N–H and O–H groups in total. The highest BCUT2D eigenvalue weighted by molar-refractivity contribution is 6.35. The van der Waals surface area contributed by atoms with Crippen molar-refractivity contribution >= 4 is 34.1 Å². The standard InChI is InChI=1S/C18H16ClN3O2/c1-10(21-13-6-2-5-12(8-13)17(20)23)14-9-11-4-3-7-15(19)16(11)22-18(14)24/h2-10,21H,1H3,(H2,20,23)(H,22,24)/t10-/m0/s1. The summed E-state index contributed by atoms with van der Waals surface area (Å²) in [6.45, 7) is 1.87. The van der Waals surface area contributed by atoms with E-state index in [1.807, 2.05) is 31.2 Å². The number of hydrogen-bond acceptors (Lipinski definition) is 3. The first-order valence-corrected chi connectivity index (χ1v) is 7.81. The van der Waals surface area contributed by atoms with Gasteiger partial charge in [0.25, 0.3) is 5.56 Å². The number of primary amides is 1. The van der Waals surface area contributed by atoms with Gasteiger partial charge in [0.2, 0.25) is 5.91 Å². The maximum absolute atomic E-state index is 12.4. The van der Waals surface area contributed by atoms with E-state index in [1.165, 1.54) is 0 Å². The number of nitrogens with one attached hydrogen (secondary N) is 2. The van der Waals surface area contributed by atoms with E-state index in [0.29, 0.717) is 27.4 Å². The molecule has 3 rings (SSSR count). The molecule has 0 radical (unpaired) electrons. The highest BCUT2D eigenvalue weighted by atomic mass is 35.5. The molecule has 0 saturated heterocycles. The monoisotopic (exact) mass is 341 g/mol. The van der Waals surface area contributed by atoms with Crippen LogP contribution in [-0.2, 0) is 0 Å². The molecule has 1 aromatic heterocycles. The average molecular weight is 342 g/mol. The molecule has 0 aliphatic rings. The number of aromatic amines is 1. The molecule has 0 bridgehead atoms. The minimum atomic E-state index is -0.496. The molecule has 24 heavy (non-hydrogen) atoms. The number of fused-ring (bicyclic) bond motifs is 1. The third-order valence-electron chi connectivity index (χ3n) is 3.85. The van der Waals surface area contributed by atoms with Crippen molar-refractivity contribution in [3.05, 3.63) is 75.0 Å². The van der Waals surface area contributed by atoms with E-state index in [9.17, 15) is 9.59 Å². The fraction of sp³-hybridized carbons (Fsp3) is 0.111. The summed E-state index contributed by atoms with van der Waals surface area (Å²) in [5.74, 6) is -0.496. The van der Waals surface area contributed by atoms with Crippen LogP contribution < -0.4 is 16.6 Å². The van der Waals surface area contributed by atoms with Gasteiger partial charge in [-0.2, -0.15) is 0 Å². The van der Waals surface area contributed by atoms with E-state index in [0.717, 1.165) is 5.39 Å². The Morgan fingerprint density at radius 2 is 1.96 bits per heavy atom. The minimum Gasteiger partial charge on any atom is -0.378 e. The van der Waals surface area contributed by atoms with E-state index < -0.39 is 5.91 Å². The molecule has 0 saturated carbocycles. The minimum absolute atomic E-state index is 0.207. The van der Waals surface area contributed by atoms with Crippen molar-refractivity contribution in [1.29, 1.82) is 0 Å². The van der Waals surface area contributed by atoms with E-state index in [2.05, 4.69) is 10.3 Å². The van der Waals surface area contributed by atoms with Gasteiger partial charge in [0.15, 0.2) is 0 Å². The molecule has 3 aromatic rings. The molecule has 0 fully saturated rings. The number of carbonyl (C=O) groups excluding carboxylic acids is 1. The molecule has 5 nitrogen and oxygen atoms in total. The van der Waals surface area contributed by atoms with Gasteiger partial charge in [-0.3, -0.25) is 9.59 Å². The quantitative estimate of drug-likeness (QED) is 0.679. The van der Waals surface area contributed by atoms with Gasteiger partial charge in [0.1, 0.15) is 0 Å². The third-order valence-corrected chi connectivity index (χ3v) is 4.17. The number of H-pyrrole nitrogens is 1. The molecule has 1 amide bonds. The molecule has 2 aromatic carbocycles. The largest absolute Gasteiger partial charge is 0.378 e. The maximum Gasteiger partial charge on any atom is 0.253 e. The Bertz CT molecular complexity index is 981.